The van der Waals surface area contributed by atoms with Crippen LogP contribution < -0.4 is 0 Å². The molecule has 1 heterocycles. The van der Waals surface area contributed by atoms with Gasteiger partial charge in [0.25, 0.3) is 0 Å². The van der Waals surface area contributed by atoms with Gasteiger partial charge in [-0.1, -0.05) is 23.4 Å². The summed E-state index contributed by atoms with van der Waals surface area (Å²) >= 11 is 6.47. The van der Waals surface area contributed by atoms with Crippen LogP contribution in [0, 0.1) is 0 Å². The maximum Gasteiger partial charge on any atom is 0.220 e. The van der Waals surface area contributed by atoms with Gasteiger partial charge in [0, 0.05) is 5.75 Å². The van der Waals surface area contributed by atoms with Crippen molar-refractivity contribution >= 4 is 28.4 Å². The number of hydrogen-bond donors (Lipinski definition) is 0. The summed E-state index contributed by atoms with van der Waals surface area (Å²) in [6.07, 6.45) is 2.21. The first-order valence-corrected chi connectivity index (χ1v) is 5.62. The highest BCUT2D eigenvalue weighted by Gasteiger charge is 2.20. The monoisotopic (exact) mass is 218 g/mol. The van der Waals surface area contributed by atoms with E-state index in [4.69, 9.17) is 21.7 Å². The smallest absolute Gasteiger partial charge is 0.220 e. The zero-order valence-electron chi connectivity index (χ0n) is 7.91. The lowest BCUT2D eigenvalue weighted by atomic mass is 10.3. The molecule has 0 saturated carbocycles. The molecule has 1 rings (SSSR count). The minimum Gasteiger partial charge on any atom is -0.472 e. The molecule has 0 spiro atoms. The summed E-state index contributed by atoms with van der Waals surface area (Å²) in [6, 6.07) is 0. The molecule has 1 fully saturated rings. The van der Waals surface area contributed by atoms with Crippen molar-refractivity contribution in [3.63, 3.8) is 0 Å². The molecule has 74 valence electrons. The van der Waals surface area contributed by atoms with Crippen molar-refractivity contribution in [1.29, 1.82) is 0 Å². The minimum absolute atomic E-state index is 0.156. The molecule has 0 aromatic rings. The van der Waals surface area contributed by atoms with Gasteiger partial charge in [-0.3, -0.25) is 0 Å². The summed E-state index contributed by atoms with van der Waals surface area (Å²) < 4.78 is 11.4. The summed E-state index contributed by atoms with van der Waals surface area (Å²) in [6.45, 7) is 5.41. The van der Waals surface area contributed by atoms with E-state index in [0.29, 0.717) is 17.6 Å². The molecule has 0 aliphatic carbocycles. The second-order valence-corrected chi connectivity index (χ2v) is 4.74. The largest absolute Gasteiger partial charge is 0.472 e. The molecular formula is C9H14O2S2. The van der Waals surface area contributed by atoms with E-state index in [9.17, 15) is 0 Å². The molecule has 1 unspecified atom stereocenters. The summed E-state index contributed by atoms with van der Waals surface area (Å²) in [5.41, 5.74) is 1.28. The zero-order valence-corrected chi connectivity index (χ0v) is 9.54. The van der Waals surface area contributed by atoms with Crippen LogP contribution in [0.4, 0.5) is 0 Å². The molecular weight excluding hydrogens is 204 g/mol. The topological polar surface area (TPSA) is 18.5 Å². The first kappa shape index (κ1) is 11.0. The molecule has 0 amide bonds. The third-order valence-electron chi connectivity index (χ3n) is 1.56. The second kappa shape index (κ2) is 5.62. The number of hydrogen-bond acceptors (Lipinski definition) is 4. The van der Waals surface area contributed by atoms with Gasteiger partial charge in [0.1, 0.15) is 6.10 Å². The minimum atomic E-state index is 0.156. The molecule has 13 heavy (non-hydrogen) atoms. The zero-order chi connectivity index (χ0) is 9.68. The van der Waals surface area contributed by atoms with Crippen LogP contribution in [-0.4, -0.2) is 29.5 Å². The standard InChI is InChI=1S/C9H14O2S2/c1-7(2)3-4-10-5-8-6-13-9(12)11-8/h3,8H,4-6H2,1-2H3. The molecule has 0 aromatic heterocycles. The first-order chi connectivity index (χ1) is 6.18. The fourth-order valence-corrected chi connectivity index (χ4v) is 1.90. The molecule has 2 nitrogen and oxygen atoms in total. The van der Waals surface area contributed by atoms with E-state index in [-0.39, 0.29) is 6.10 Å². The highest BCUT2D eigenvalue weighted by molar-refractivity contribution is 8.22. The van der Waals surface area contributed by atoms with E-state index >= 15 is 0 Å². The van der Waals surface area contributed by atoms with Crippen LogP contribution in [0.5, 0.6) is 0 Å². The van der Waals surface area contributed by atoms with Gasteiger partial charge in [0.05, 0.1) is 13.2 Å². The summed E-state index contributed by atoms with van der Waals surface area (Å²) in [5.74, 6) is 0.924. The third-order valence-corrected chi connectivity index (χ3v) is 2.88. The maximum absolute atomic E-state index is 5.40. The van der Waals surface area contributed by atoms with Crippen molar-refractivity contribution in [2.45, 2.75) is 20.0 Å². The van der Waals surface area contributed by atoms with E-state index < -0.39 is 0 Å². The van der Waals surface area contributed by atoms with Crippen LogP contribution in [0.3, 0.4) is 0 Å². The molecule has 1 saturated heterocycles. The van der Waals surface area contributed by atoms with Gasteiger partial charge in [-0.25, -0.2) is 0 Å². The van der Waals surface area contributed by atoms with Crippen molar-refractivity contribution < 1.29 is 9.47 Å². The van der Waals surface area contributed by atoms with Crippen LogP contribution in [-0.2, 0) is 9.47 Å². The van der Waals surface area contributed by atoms with Crippen molar-refractivity contribution in [1.82, 2.24) is 0 Å². The SMILES string of the molecule is CC(C)=CCOCC1CSC(=S)O1. The molecule has 0 N–H and O–H groups in total. The fourth-order valence-electron chi connectivity index (χ4n) is 0.872. The molecule has 0 radical (unpaired) electrons. The van der Waals surface area contributed by atoms with Crippen molar-refractivity contribution in [3.05, 3.63) is 11.6 Å². The van der Waals surface area contributed by atoms with Crippen LogP contribution in [0.15, 0.2) is 11.6 Å². The normalized spacial score (nSPS) is 21.4. The van der Waals surface area contributed by atoms with Crippen LogP contribution in [0.1, 0.15) is 13.8 Å². The van der Waals surface area contributed by atoms with E-state index in [1.165, 1.54) is 5.57 Å². The fraction of sp³-hybridized carbons (Fsp3) is 0.667. The van der Waals surface area contributed by atoms with Gasteiger partial charge in [-0.15, -0.1) is 0 Å². The van der Waals surface area contributed by atoms with Gasteiger partial charge < -0.3 is 9.47 Å². The molecule has 0 aromatic carbocycles. The molecule has 4 heteroatoms. The Bertz CT molecular complexity index is 210. The Balaban J connectivity index is 2.06. The number of thioether (sulfide) groups is 1. The number of ether oxygens (including phenoxy) is 2. The summed E-state index contributed by atoms with van der Waals surface area (Å²) in [5, 5.41) is 0. The van der Waals surface area contributed by atoms with Crippen molar-refractivity contribution in [2.24, 2.45) is 0 Å². The number of allylic oxidation sites excluding steroid dienone is 1. The highest BCUT2D eigenvalue weighted by Crippen LogP contribution is 2.19. The lowest BCUT2D eigenvalue weighted by Gasteiger charge is -2.08. The Kier molecular flexibility index (Phi) is 4.77. The van der Waals surface area contributed by atoms with Gasteiger partial charge in [0.15, 0.2) is 0 Å². The Morgan fingerprint density at radius 3 is 3.08 bits per heavy atom. The lowest BCUT2D eigenvalue weighted by Crippen LogP contribution is -2.17. The van der Waals surface area contributed by atoms with E-state index in [2.05, 4.69) is 19.9 Å². The quantitative estimate of drug-likeness (QED) is 0.409. The molecule has 0 bridgehead atoms. The average Bonchev–Trinajstić information content (AvgIpc) is 2.45. The summed E-state index contributed by atoms with van der Waals surface area (Å²) in [7, 11) is 0. The van der Waals surface area contributed by atoms with Crippen LogP contribution in [0.2, 0.25) is 0 Å². The maximum atomic E-state index is 5.40. The van der Waals surface area contributed by atoms with Gasteiger partial charge in [0.2, 0.25) is 4.38 Å². The van der Waals surface area contributed by atoms with E-state index in [1.807, 2.05) is 0 Å². The number of thiocarbonyl (C=S) groups is 1. The van der Waals surface area contributed by atoms with Gasteiger partial charge >= 0.3 is 0 Å². The summed E-state index contributed by atoms with van der Waals surface area (Å²) in [4.78, 5) is 0. The van der Waals surface area contributed by atoms with Crippen LogP contribution in [0.25, 0.3) is 0 Å². The average molecular weight is 218 g/mol. The Morgan fingerprint density at radius 2 is 2.54 bits per heavy atom. The second-order valence-electron chi connectivity index (χ2n) is 3.12. The van der Waals surface area contributed by atoms with Gasteiger partial charge in [-0.2, -0.15) is 0 Å². The Hall–Kier alpha value is -0.0600. The molecule has 1 aliphatic heterocycles. The predicted octanol–water partition coefficient (Wildman–Crippen LogP) is 2.39. The third kappa shape index (κ3) is 4.64. The predicted molar refractivity (Wildman–Crippen MR) is 60.2 cm³/mol. The Labute approximate surface area is 88.7 Å². The number of rotatable bonds is 4. The molecule has 1 atom stereocenters. The van der Waals surface area contributed by atoms with Crippen molar-refractivity contribution in [2.75, 3.05) is 19.0 Å². The van der Waals surface area contributed by atoms with E-state index in [1.54, 1.807) is 11.8 Å². The van der Waals surface area contributed by atoms with Crippen molar-refractivity contribution in [3.8, 4) is 0 Å². The van der Waals surface area contributed by atoms with E-state index in [0.717, 1.165) is 5.75 Å². The molecule has 1 aliphatic rings. The van der Waals surface area contributed by atoms with Crippen LogP contribution >= 0.6 is 24.0 Å². The lowest BCUT2D eigenvalue weighted by molar-refractivity contribution is 0.0776. The Morgan fingerprint density at radius 1 is 1.77 bits per heavy atom. The van der Waals surface area contributed by atoms with Gasteiger partial charge in [-0.05, 0) is 26.1 Å². The highest BCUT2D eigenvalue weighted by atomic mass is 32.2. The first-order valence-electron chi connectivity index (χ1n) is 4.23.